The molecule has 0 radical (unpaired) electrons. The minimum Gasteiger partial charge on any atom is -0.369 e. The standard InChI is InChI=1S/C15H25N3O2/c16-13(19)10-2-1-3-11(8-10)18-14(20)12-9-15(12)4-6-17-7-5-15/h10-12,17H,1-9H2,(H2,16,19)(H,18,20). The Hall–Kier alpha value is -1.10. The fourth-order valence-corrected chi connectivity index (χ4v) is 4.08. The van der Waals surface area contributed by atoms with Crippen LogP contribution in [0.1, 0.15) is 44.9 Å². The topological polar surface area (TPSA) is 84.2 Å². The van der Waals surface area contributed by atoms with Gasteiger partial charge in [0.05, 0.1) is 0 Å². The van der Waals surface area contributed by atoms with Crippen LogP contribution in [0.3, 0.4) is 0 Å². The second kappa shape index (κ2) is 5.35. The number of amides is 2. The summed E-state index contributed by atoms with van der Waals surface area (Å²) in [6, 6.07) is 0.146. The lowest BCUT2D eigenvalue weighted by Gasteiger charge is -2.29. The van der Waals surface area contributed by atoms with Crippen molar-refractivity contribution < 1.29 is 9.59 Å². The molecule has 1 aliphatic heterocycles. The first-order valence-electron chi connectivity index (χ1n) is 7.91. The number of piperidine rings is 1. The van der Waals surface area contributed by atoms with Gasteiger partial charge in [-0.15, -0.1) is 0 Å². The van der Waals surface area contributed by atoms with Crippen LogP contribution in [0.25, 0.3) is 0 Å². The summed E-state index contributed by atoms with van der Waals surface area (Å²) in [7, 11) is 0. The van der Waals surface area contributed by atoms with Gasteiger partial charge in [0.1, 0.15) is 0 Å². The van der Waals surface area contributed by atoms with Crippen LogP contribution >= 0.6 is 0 Å². The summed E-state index contributed by atoms with van der Waals surface area (Å²) in [6.07, 6.45) is 6.87. The van der Waals surface area contributed by atoms with E-state index < -0.39 is 0 Å². The lowest BCUT2D eigenvalue weighted by molar-refractivity contribution is -0.126. The van der Waals surface area contributed by atoms with Crippen molar-refractivity contribution in [2.45, 2.75) is 51.0 Å². The van der Waals surface area contributed by atoms with Crippen molar-refractivity contribution in [3.8, 4) is 0 Å². The van der Waals surface area contributed by atoms with Crippen LogP contribution in [0, 0.1) is 17.3 Å². The zero-order valence-corrected chi connectivity index (χ0v) is 12.0. The number of carbonyl (C=O) groups excluding carboxylic acids is 2. The molecule has 1 saturated heterocycles. The summed E-state index contributed by atoms with van der Waals surface area (Å²) in [4.78, 5) is 23.7. The first-order chi connectivity index (χ1) is 9.61. The number of primary amides is 1. The number of nitrogens with one attached hydrogen (secondary N) is 2. The molecule has 3 fully saturated rings. The highest BCUT2D eigenvalue weighted by molar-refractivity contribution is 5.83. The Morgan fingerprint density at radius 3 is 2.65 bits per heavy atom. The van der Waals surface area contributed by atoms with Gasteiger partial charge in [-0.05, 0) is 57.0 Å². The number of hydrogen-bond acceptors (Lipinski definition) is 3. The molecule has 3 atom stereocenters. The zero-order chi connectivity index (χ0) is 14.2. The number of rotatable bonds is 3. The summed E-state index contributed by atoms with van der Waals surface area (Å²) >= 11 is 0. The molecule has 0 aromatic rings. The minimum absolute atomic E-state index is 0.0545. The van der Waals surface area contributed by atoms with Crippen LogP contribution in [0.2, 0.25) is 0 Å². The van der Waals surface area contributed by atoms with Gasteiger partial charge in [-0.25, -0.2) is 0 Å². The minimum atomic E-state index is -0.217. The molecular weight excluding hydrogens is 254 g/mol. The summed E-state index contributed by atoms with van der Waals surface area (Å²) in [5.74, 6) is 0.145. The summed E-state index contributed by atoms with van der Waals surface area (Å²) in [5, 5.41) is 6.53. The maximum absolute atomic E-state index is 12.4. The molecule has 2 aliphatic carbocycles. The Balaban J connectivity index is 1.51. The van der Waals surface area contributed by atoms with Crippen molar-refractivity contribution in [1.29, 1.82) is 0 Å². The van der Waals surface area contributed by atoms with Gasteiger partial charge < -0.3 is 16.4 Å². The Kier molecular flexibility index (Phi) is 3.71. The quantitative estimate of drug-likeness (QED) is 0.705. The van der Waals surface area contributed by atoms with E-state index in [1.807, 2.05) is 0 Å². The second-order valence-electron chi connectivity index (χ2n) is 6.84. The second-order valence-corrected chi connectivity index (χ2v) is 6.84. The van der Waals surface area contributed by atoms with E-state index in [0.29, 0.717) is 0 Å². The Morgan fingerprint density at radius 1 is 1.20 bits per heavy atom. The van der Waals surface area contributed by atoms with Gasteiger partial charge in [0, 0.05) is 17.9 Å². The van der Waals surface area contributed by atoms with E-state index in [0.717, 1.165) is 58.0 Å². The maximum Gasteiger partial charge on any atom is 0.223 e. The average molecular weight is 279 g/mol. The smallest absolute Gasteiger partial charge is 0.223 e. The molecule has 3 rings (SSSR count). The van der Waals surface area contributed by atoms with E-state index in [4.69, 9.17) is 5.73 Å². The molecule has 0 aromatic carbocycles. The number of nitrogens with two attached hydrogens (primary N) is 1. The van der Waals surface area contributed by atoms with Crippen LogP contribution in [-0.4, -0.2) is 30.9 Å². The van der Waals surface area contributed by atoms with Crippen molar-refractivity contribution in [2.75, 3.05) is 13.1 Å². The predicted octanol–water partition coefficient (Wildman–Crippen LogP) is 0.536. The molecule has 1 heterocycles. The third-order valence-electron chi connectivity index (χ3n) is 5.53. The third kappa shape index (κ3) is 2.68. The predicted molar refractivity (Wildman–Crippen MR) is 75.7 cm³/mol. The van der Waals surface area contributed by atoms with Crippen molar-refractivity contribution in [3.05, 3.63) is 0 Å². The first kappa shape index (κ1) is 13.9. The molecule has 2 amide bonds. The Labute approximate surface area is 120 Å². The van der Waals surface area contributed by atoms with Crippen LogP contribution in [0.5, 0.6) is 0 Å². The molecule has 1 spiro atoms. The maximum atomic E-state index is 12.4. The summed E-state index contributed by atoms with van der Waals surface area (Å²) in [6.45, 7) is 2.08. The van der Waals surface area contributed by atoms with Crippen molar-refractivity contribution >= 4 is 11.8 Å². The third-order valence-corrected chi connectivity index (χ3v) is 5.53. The fourth-order valence-electron chi connectivity index (χ4n) is 4.08. The Bertz CT molecular complexity index is 404. The van der Waals surface area contributed by atoms with Gasteiger partial charge in [0.2, 0.25) is 11.8 Å². The molecule has 5 nitrogen and oxygen atoms in total. The van der Waals surface area contributed by atoms with Crippen LogP contribution in [0.4, 0.5) is 0 Å². The van der Waals surface area contributed by atoms with E-state index >= 15 is 0 Å². The summed E-state index contributed by atoms with van der Waals surface area (Å²) < 4.78 is 0. The van der Waals surface area contributed by atoms with Crippen LogP contribution < -0.4 is 16.4 Å². The largest absolute Gasteiger partial charge is 0.369 e. The lowest BCUT2D eigenvalue weighted by Crippen LogP contribution is -2.43. The lowest BCUT2D eigenvalue weighted by atomic mass is 9.85. The molecule has 3 unspecified atom stereocenters. The van der Waals surface area contributed by atoms with E-state index in [-0.39, 0.29) is 35.1 Å². The fraction of sp³-hybridized carbons (Fsp3) is 0.867. The van der Waals surface area contributed by atoms with Gasteiger partial charge in [-0.3, -0.25) is 9.59 Å². The van der Waals surface area contributed by atoms with Crippen molar-refractivity contribution in [3.63, 3.8) is 0 Å². The molecule has 0 aromatic heterocycles. The molecule has 112 valence electrons. The van der Waals surface area contributed by atoms with Crippen LogP contribution in [0.15, 0.2) is 0 Å². The molecule has 2 saturated carbocycles. The zero-order valence-electron chi connectivity index (χ0n) is 12.0. The van der Waals surface area contributed by atoms with Gasteiger partial charge in [0.25, 0.3) is 0 Å². The van der Waals surface area contributed by atoms with E-state index in [1.54, 1.807) is 0 Å². The average Bonchev–Trinajstić information content (AvgIpc) is 3.13. The monoisotopic (exact) mass is 279 g/mol. The first-order valence-corrected chi connectivity index (χ1v) is 7.91. The summed E-state index contributed by atoms with van der Waals surface area (Å²) in [5.41, 5.74) is 5.67. The van der Waals surface area contributed by atoms with E-state index in [2.05, 4.69) is 10.6 Å². The Morgan fingerprint density at radius 2 is 1.95 bits per heavy atom. The highest BCUT2D eigenvalue weighted by atomic mass is 16.2. The SMILES string of the molecule is NC(=O)C1CCCC(NC(=O)C2CC23CCNCC3)C1. The van der Waals surface area contributed by atoms with E-state index in [1.165, 1.54) is 0 Å². The molecule has 4 N–H and O–H groups in total. The van der Waals surface area contributed by atoms with Crippen molar-refractivity contribution in [1.82, 2.24) is 10.6 Å². The number of hydrogen-bond donors (Lipinski definition) is 3. The molecule has 20 heavy (non-hydrogen) atoms. The normalized spacial score (nSPS) is 35.5. The highest BCUT2D eigenvalue weighted by Crippen LogP contribution is 2.58. The van der Waals surface area contributed by atoms with Gasteiger partial charge in [-0.1, -0.05) is 6.42 Å². The highest BCUT2D eigenvalue weighted by Gasteiger charge is 2.57. The van der Waals surface area contributed by atoms with Gasteiger partial charge >= 0.3 is 0 Å². The molecule has 3 aliphatic rings. The molecular formula is C15H25N3O2. The van der Waals surface area contributed by atoms with E-state index in [9.17, 15) is 9.59 Å². The van der Waals surface area contributed by atoms with Gasteiger partial charge in [0.15, 0.2) is 0 Å². The van der Waals surface area contributed by atoms with Gasteiger partial charge in [-0.2, -0.15) is 0 Å². The number of carbonyl (C=O) groups is 2. The van der Waals surface area contributed by atoms with Crippen LogP contribution in [-0.2, 0) is 9.59 Å². The molecule has 0 bridgehead atoms. The molecule has 5 heteroatoms. The van der Waals surface area contributed by atoms with Crippen molar-refractivity contribution in [2.24, 2.45) is 23.0 Å².